The summed E-state index contributed by atoms with van der Waals surface area (Å²) >= 11 is 0. The largest absolute Gasteiger partial charge is 0.488 e. The van der Waals surface area contributed by atoms with E-state index in [1.165, 1.54) is 4.90 Å². The van der Waals surface area contributed by atoms with Crippen LogP contribution >= 0.6 is 0 Å². The van der Waals surface area contributed by atoms with Crippen molar-refractivity contribution in [1.82, 2.24) is 25.2 Å². The Morgan fingerprint density at radius 2 is 1.76 bits per heavy atom. The molecule has 15 heteroatoms. The van der Waals surface area contributed by atoms with Gasteiger partial charge in [0, 0.05) is 23.1 Å². The van der Waals surface area contributed by atoms with E-state index in [0.717, 1.165) is 24.6 Å². The second-order valence-corrected chi connectivity index (χ2v) is 16.9. The van der Waals surface area contributed by atoms with Gasteiger partial charge in [0.05, 0.1) is 24.1 Å². The van der Waals surface area contributed by atoms with Gasteiger partial charge in [-0.15, -0.1) is 0 Å². The second kappa shape index (κ2) is 13.6. The molecule has 1 saturated heterocycles. The fraction of sp³-hybridized carbons (Fsp3) is 0.583. The lowest BCUT2D eigenvalue weighted by atomic mass is 9.88. The summed E-state index contributed by atoms with van der Waals surface area (Å²) < 4.78 is 40.3. The maximum Gasteiger partial charge on any atom is 0.405 e. The molecule has 0 unspecified atom stereocenters. The first-order valence-electron chi connectivity index (χ1n) is 17.9. The van der Waals surface area contributed by atoms with Gasteiger partial charge in [-0.1, -0.05) is 44.2 Å². The first-order valence-corrected chi connectivity index (χ1v) is 19.4. The van der Waals surface area contributed by atoms with Gasteiger partial charge in [0.2, 0.25) is 27.7 Å². The number of hydrogen-bond donors (Lipinski definition) is 4. The number of sulfonamides is 1. The number of amides is 4. The van der Waals surface area contributed by atoms with Crippen molar-refractivity contribution in [2.24, 2.45) is 17.8 Å². The van der Waals surface area contributed by atoms with E-state index in [1.807, 2.05) is 50.3 Å². The zero-order valence-electron chi connectivity index (χ0n) is 28.7. The third-order valence-corrected chi connectivity index (χ3v) is 12.5. The Morgan fingerprint density at radius 1 is 1.02 bits per heavy atom. The fourth-order valence-corrected chi connectivity index (χ4v) is 8.85. The van der Waals surface area contributed by atoms with Crippen molar-refractivity contribution in [3.05, 3.63) is 42.6 Å². The summed E-state index contributed by atoms with van der Waals surface area (Å²) in [6.07, 6.45) is 8.54. The molecule has 1 aromatic carbocycles. The van der Waals surface area contributed by atoms with Gasteiger partial charge in [-0.3, -0.25) is 19.1 Å². The number of ether oxygens (including phenoxy) is 2. The molecule has 3 aliphatic carbocycles. The molecule has 0 radical (unpaired) electrons. The Morgan fingerprint density at radius 3 is 2.47 bits per heavy atom. The number of carboxylic acid groups (broad SMARTS) is 1. The number of pyridine rings is 1. The minimum absolute atomic E-state index is 0.0249. The predicted molar refractivity (Wildman–Crippen MR) is 185 cm³/mol. The molecule has 274 valence electrons. The first-order chi connectivity index (χ1) is 24.3. The molecule has 4 amide bonds. The quantitative estimate of drug-likeness (QED) is 0.294. The van der Waals surface area contributed by atoms with Crippen LogP contribution in [0, 0.1) is 17.8 Å². The van der Waals surface area contributed by atoms with Crippen LogP contribution in [0.2, 0.25) is 0 Å². The van der Waals surface area contributed by atoms with E-state index in [0.29, 0.717) is 42.7 Å². The standard InChI is InChI=1S/C36H45N5O9S/c1-20-7-3-4-8-22-17-36(22,34(44)40-51(47,48)25-13-14-25)39-31(42)28-16-24(19-41(28)33(43)30(21(2)15-20)38-35(45)46)50-32-27-10-6-5-9-26(27)29(18-37-32)49-23-11-12-23/h4-6,8-10,18,20-25,28,30,38H,3,7,11-17,19H2,1-2H3,(H,39,42)(H,40,44)(H,45,46)/b8-4-/t20-,21-,22-,24-,28+,30+,36-/m1/s1. The number of aromatic nitrogens is 1. The fourth-order valence-electron chi connectivity index (χ4n) is 7.48. The van der Waals surface area contributed by atoms with Gasteiger partial charge in [-0.05, 0) is 69.3 Å². The maximum atomic E-state index is 14.4. The van der Waals surface area contributed by atoms with Crippen LogP contribution in [-0.2, 0) is 24.4 Å². The molecule has 1 aromatic heterocycles. The maximum absolute atomic E-state index is 14.4. The van der Waals surface area contributed by atoms with Gasteiger partial charge in [-0.25, -0.2) is 18.2 Å². The highest BCUT2D eigenvalue weighted by atomic mass is 32.2. The number of fused-ring (bicyclic) bond motifs is 3. The summed E-state index contributed by atoms with van der Waals surface area (Å²) in [4.78, 5) is 60.2. The van der Waals surface area contributed by atoms with E-state index in [4.69, 9.17) is 9.47 Å². The molecule has 3 heterocycles. The van der Waals surface area contributed by atoms with E-state index in [9.17, 15) is 32.7 Å². The molecular weight excluding hydrogens is 678 g/mol. The number of allylic oxidation sites excluding steroid dienone is 1. The molecule has 2 aromatic rings. The summed E-state index contributed by atoms with van der Waals surface area (Å²) in [6.45, 7) is 3.80. The molecule has 4 N–H and O–H groups in total. The lowest BCUT2D eigenvalue weighted by Gasteiger charge is -2.32. The molecule has 5 aliphatic rings. The third-order valence-electron chi connectivity index (χ3n) is 10.7. The predicted octanol–water partition coefficient (Wildman–Crippen LogP) is 3.26. The van der Waals surface area contributed by atoms with E-state index in [-0.39, 0.29) is 31.4 Å². The van der Waals surface area contributed by atoms with E-state index in [2.05, 4.69) is 20.3 Å². The smallest absolute Gasteiger partial charge is 0.405 e. The Balaban J connectivity index is 1.20. The van der Waals surface area contributed by atoms with Crippen LogP contribution < -0.4 is 24.8 Å². The van der Waals surface area contributed by atoms with Gasteiger partial charge in [0.1, 0.15) is 29.5 Å². The van der Waals surface area contributed by atoms with Gasteiger partial charge in [0.15, 0.2) is 0 Å². The molecule has 7 rings (SSSR count). The van der Waals surface area contributed by atoms with Crippen molar-refractivity contribution in [3.8, 4) is 11.6 Å². The van der Waals surface area contributed by atoms with Crippen molar-refractivity contribution in [3.63, 3.8) is 0 Å². The Labute approximate surface area is 296 Å². The summed E-state index contributed by atoms with van der Waals surface area (Å²) in [5.41, 5.74) is -1.52. The number of carbonyl (C=O) groups is 4. The SMILES string of the molecule is C[C@@H]1CC/C=C\[C@@H]2C[C@@]2(C(=O)NS(=O)(=O)C2CC2)NC(=O)[C@@H]2C[C@@H](Oc3ncc(OC4CC4)c4ccccc34)CN2C(=O)[C@@H](NC(=O)O)[C@H](C)C1. The lowest BCUT2D eigenvalue weighted by molar-refractivity contribution is -0.142. The minimum Gasteiger partial charge on any atom is -0.488 e. The first kappa shape index (κ1) is 35.0. The van der Waals surface area contributed by atoms with Crippen LogP contribution in [-0.4, -0.2) is 88.8 Å². The number of hydrogen-bond acceptors (Lipinski definition) is 9. The highest BCUT2D eigenvalue weighted by Crippen LogP contribution is 2.46. The molecule has 14 nitrogen and oxygen atoms in total. The molecule has 7 atom stereocenters. The Kier molecular flexibility index (Phi) is 9.35. The van der Waals surface area contributed by atoms with Crippen LogP contribution in [0.5, 0.6) is 11.6 Å². The third kappa shape index (κ3) is 7.49. The van der Waals surface area contributed by atoms with Gasteiger partial charge < -0.3 is 30.1 Å². The normalized spacial score (nSPS) is 32.0. The van der Waals surface area contributed by atoms with Crippen LogP contribution in [0.15, 0.2) is 42.6 Å². The molecule has 51 heavy (non-hydrogen) atoms. The van der Waals surface area contributed by atoms with E-state index >= 15 is 0 Å². The number of carbonyl (C=O) groups excluding carboxylic acids is 3. The second-order valence-electron chi connectivity index (χ2n) is 15.0. The van der Waals surface area contributed by atoms with Gasteiger partial charge in [0.25, 0.3) is 5.91 Å². The zero-order valence-corrected chi connectivity index (χ0v) is 29.6. The van der Waals surface area contributed by atoms with Crippen molar-refractivity contribution in [2.45, 2.75) is 107 Å². The average Bonchev–Trinajstić information content (AvgIpc) is 3.98. The van der Waals surface area contributed by atoms with Crippen LogP contribution in [0.25, 0.3) is 10.8 Å². The summed E-state index contributed by atoms with van der Waals surface area (Å²) in [5, 5.41) is 15.9. The minimum atomic E-state index is -3.90. The molecule has 0 spiro atoms. The Hall–Kier alpha value is -4.40. The monoisotopic (exact) mass is 723 g/mol. The van der Waals surface area contributed by atoms with Crippen molar-refractivity contribution >= 4 is 44.6 Å². The highest BCUT2D eigenvalue weighted by molar-refractivity contribution is 7.91. The van der Waals surface area contributed by atoms with Gasteiger partial charge >= 0.3 is 6.09 Å². The van der Waals surface area contributed by atoms with Crippen molar-refractivity contribution < 1.29 is 42.2 Å². The van der Waals surface area contributed by atoms with Crippen LogP contribution in [0.3, 0.4) is 0 Å². The molecule has 0 bridgehead atoms. The Bertz CT molecular complexity index is 1860. The number of nitrogens with one attached hydrogen (secondary N) is 3. The van der Waals surface area contributed by atoms with Crippen LogP contribution in [0.1, 0.15) is 71.6 Å². The molecule has 2 aliphatic heterocycles. The lowest BCUT2D eigenvalue weighted by Crippen LogP contribution is -2.59. The topological polar surface area (TPSA) is 193 Å². The number of nitrogens with zero attached hydrogens (tertiary/aromatic N) is 2. The molecule has 4 fully saturated rings. The average molecular weight is 724 g/mol. The summed E-state index contributed by atoms with van der Waals surface area (Å²) in [6, 6.07) is 5.22. The van der Waals surface area contributed by atoms with E-state index in [1.54, 1.807) is 6.20 Å². The van der Waals surface area contributed by atoms with Crippen LogP contribution in [0.4, 0.5) is 4.79 Å². The highest BCUT2D eigenvalue weighted by Gasteiger charge is 2.62. The number of benzene rings is 1. The summed E-state index contributed by atoms with van der Waals surface area (Å²) in [5.74, 6) is -1.81. The van der Waals surface area contributed by atoms with Gasteiger partial charge in [-0.2, -0.15) is 0 Å². The van der Waals surface area contributed by atoms with E-state index < -0.39 is 74.7 Å². The van der Waals surface area contributed by atoms with Crippen molar-refractivity contribution in [1.29, 1.82) is 0 Å². The molecular formula is C36H45N5O9S. The zero-order chi connectivity index (χ0) is 36.1. The number of rotatable bonds is 8. The molecule has 3 saturated carbocycles. The summed E-state index contributed by atoms with van der Waals surface area (Å²) in [7, 11) is -3.90. The van der Waals surface area contributed by atoms with Crippen molar-refractivity contribution in [2.75, 3.05) is 6.54 Å².